The topological polar surface area (TPSA) is 70.1 Å². The molecule has 2 atom stereocenters. The largest absolute Gasteiger partial charge is 0.465 e. The first-order chi connectivity index (χ1) is 14.8. The van der Waals surface area contributed by atoms with Gasteiger partial charge < -0.3 is 19.6 Å². The van der Waals surface area contributed by atoms with Crippen molar-refractivity contribution in [1.82, 2.24) is 4.90 Å². The maximum absolute atomic E-state index is 13.7. The van der Waals surface area contributed by atoms with Crippen molar-refractivity contribution in [1.29, 1.82) is 0 Å². The van der Waals surface area contributed by atoms with E-state index >= 15 is 0 Å². The Kier molecular flexibility index (Phi) is 6.01. The van der Waals surface area contributed by atoms with E-state index in [9.17, 15) is 14.7 Å². The van der Waals surface area contributed by atoms with Crippen molar-refractivity contribution in [3.05, 3.63) is 63.1 Å². The molecule has 0 spiro atoms. The lowest BCUT2D eigenvalue weighted by Crippen LogP contribution is -2.49. The van der Waals surface area contributed by atoms with Crippen LogP contribution in [0.5, 0.6) is 0 Å². The summed E-state index contributed by atoms with van der Waals surface area (Å²) in [6.45, 7) is 1.31. The molecule has 2 aromatic carbocycles. The fourth-order valence-electron chi connectivity index (χ4n) is 4.58. The molecule has 1 amide bonds. The van der Waals surface area contributed by atoms with Gasteiger partial charge in [0, 0.05) is 28.7 Å². The Morgan fingerprint density at radius 3 is 2.65 bits per heavy atom. The van der Waals surface area contributed by atoms with Crippen molar-refractivity contribution in [2.75, 3.05) is 32.1 Å². The minimum Gasteiger partial charge on any atom is -0.465 e. The van der Waals surface area contributed by atoms with Gasteiger partial charge in [-0.25, -0.2) is 4.79 Å². The average Bonchev–Trinajstić information content (AvgIpc) is 2.97. The van der Waals surface area contributed by atoms with Crippen LogP contribution in [0.3, 0.4) is 0 Å². The summed E-state index contributed by atoms with van der Waals surface area (Å²) in [5, 5.41) is 12.2. The summed E-state index contributed by atoms with van der Waals surface area (Å²) in [4.78, 5) is 29.7. The van der Waals surface area contributed by atoms with E-state index in [0.717, 1.165) is 25.8 Å². The zero-order valence-corrected chi connectivity index (χ0v) is 18.9. The molecule has 2 heterocycles. The highest BCUT2D eigenvalue weighted by Crippen LogP contribution is 2.50. The second-order valence-electron chi connectivity index (χ2n) is 8.08. The second kappa shape index (κ2) is 8.43. The number of methoxy groups -OCH3 is 1. The van der Waals surface area contributed by atoms with Gasteiger partial charge in [0.1, 0.15) is 0 Å². The van der Waals surface area contributed by atoms with Crippen LogP contribution in [0, 0.1) is 0 Å². The summed E-state index contributed by atoms with van der Waals surface area (Å²) in [6, 6.07) is 9.77. The third-order valence-corrected chi connectivity index (χ3v) is 6.90. The van der Waals surface area contributed by atoms with Gasteiger partial charge in [0.25, 0.3) is 5.91 Å². The normalized spacial score (nSPS) is 23.7. The number of carbonyl (C=O) groups excluding carboxylic acids is 2. The lowest BCUT2D eigenvalue weighted by Gasteiger charge is -2.35. The molecule has 0 saturated carbocycles. The van der Waals surface area contributed by atoms with Crippen LogP contribution in [0.15, 0.2) is 36.4 Å². The molecule has 1 saturated heterocycles. The Hall–Kier alpha value is -2.12. The van der Waals surface area contributed by atoms with E-state index in [-0.39, 0.29) is 32.8 Å². The quantitative estimate of drug-likeness (QED) is 0.698. The number of hydrogen-bond donors (Lipinski definition) is 1. The number of esters is 1. The van der Waals surface area contributed by atoms with Gasteiger partial charge in [0.05, 0.1) is 23.4 Å². The number of nitrogens with zero attached hydrogens (tertiary/aromatic N) is 2. The molecule has 164 valence electrons. The summed E-state index contributed by atoms with van der Waals surface area (Å²) in [7, 11) is 3.31. The molecular formula is C23H24Cl2N2O4. The molecule has 4 rings (SSSR count). The van der Waals surface area contributed by atoms with Crippen LogP contribution >= 0.6 is 23.2 Å². The molecule has 6 nitrogen and oxygen atoms in total. The molecule has 1 fully saturated rings. The molecule has 2 aliphatic rings. The molecule has 1 N–H and O–H groups in total. The number of ether oxygens (including phenoxy) is 1. The van der Waals surface area contributed by atoms with Gasteiger partial charge in [-0.05, 0) is 44.6 Å². The van der Waals surface area contributed by atoms with Crippen molar-refractivity contribution < 1.29 is 19.4 Å². The van der Waals surface area contributed by atoms with Crippen LogP contribution in [0.25, 0.3) is 0 Å². The SMILES string of the molecule is COC(=O)c1cc(Cl)c2c(c1)N(CC1CCCCN1C)C(=O)C2(O)c1ccccc1Cl. The van der Waals surface area contributed by atoms with Gasteiger partial charge in [0.15, 0.2) is 5.60 Å². The summed E-state index contributed by atoms with van der Waals surface area (Å²) in [6.07, 6.45) is 3.12. The lowest BCUT2D eigenvalue weighted by molar-refractivity contribution is -0.132. The zero-order valence-electron chi connectivity index (χ0n) is 17.4. The molecule has 0 aromatic heterocycles. The first-order valence-corrected chi connectivity index (χ1v) is 11.0. The Morgan fingerprint density at radius 2 is 1.97 bits per heavy atom. The molecule has 31 heavy (non-hydrogen) atoms. The number of piperidine rings is 1. The Morgan fingerprint density at radius 1 is 1.23 bits per heavy atom. The highest BCUT2D eigenvalue weighted by Gasteiger charge is 2.54. The van der Waals surface area contributed by atoms with E-state index < -0.39 is 17.5 Å². The van der Waals surface area contributed by atoms with Crippen molar-refractivity contribution >= 4 is 40.8 Å². The van der Waals surface area contributed by atoms with E-state index in [1.807, 2.05) is 7.05 Å². The summed E-state index contributed by atoms with van der Waals surface area (Å²) in [5.41, 5.74) is -0.940. The third-order valence-electron chi connectivity index (χ3n) is 6.28. The van der Waals surface area contributed by atoms with Gasteiger partial charge >= 0.3 is 5.97 Å². The molecule has 0 aliphatic carbocycles. The standard InChI is InChI=1S/C23H24Cl2N2O4/c1-26-10-6-5-7-15(26)13-27-19-12-14(21(28)31-2)11-18(25)20(19)23(30,22(27)29)16-8-3-4-9-17(16)24/h3-4,8-9,11-12,15,30H,5-7,10,13H2,1-2H3. The van der Waals surface area contributed by atoms with Crippen molar-refractivity contribution in [2.45, 2.75) is 30.9 Å². The summed E-state index contributed by atoms with van der Waals surface area (Å²) in [5.74, 6) is -1.10. The molecule has 2 aliphatic heterocycles. The van der Waals surface area contributed by atoms with E-state index in [2.05, 4.69) is 4.90 Å². The molecule has 0 bridgehead atoms. The van der Waals surface area contributed by atoms with Crippen LogP contribution in [-0.4, -0.2) is 55.2 Å². The number of likely N-dealkylation sites (N-methyl/N-ethyl adjacent to an activating group) is 1. The van der Waals surface area contributed by atoms with Crippen molar-refractivity contribution in [3.8, 4) is 0 Å². The maximum Gasteiger partial charge on any atom is 0.337 e. The van der Waals surface area contributed by atoms with Crippen LogP contribution < -0.4 is 4.90 Å². The molecule has 8 heteroatoms. The fraction of sp³-hybridized carbons (Fsp3) is 0.391. The smallest absolute Gasteiger partial charge is 0.337 e. The molecule has 2 unspecified atom stereocenters. The number of carbonyl (C=O) groups is 2. The zero-order chi connectivity index (χ0) is 22.3. The van der Waals surface area contributed by atoms with E-state index in [1.165, 1.54) is 18.1 Å². The van der Waals surface area contributed by atoms with Crippen LogP contribution in [0.1, 0.15) is 40.7 Å². The number of rotatable bonds is 4. The predicted octanol–water partition coefficient (Wildman–Crippen LogP) is 3.85. The van der Waals surface area contributed by atoms with Gasteiger partial charge in [-0.3, -0.25) is 4.79 Å². The number of anilines is 1. The fourth-order valence-corrected chi connectivity index (χ4v) is 5.21. The Bertz CT molecular complexity index is 1040. The first-order valence-electron chi connectivity index (χ1n) is 10.2. The lowest BCUT2D eigenvalue weighted by atomic mass is 9.87. The molecule has 0 radical (unpaired) electrons. The molecular weight excluding hydrogens is 439 g/mol. The minimum atomic E-state index is -2.05. The number of aliphatic hydroxyl groups is 1. The van der Waals surface area contributed by atoms with E-state index in [1.54, 1.807) is 30.3 Å². The maximum atomic E-state index is 13.7. The third kappa shape index (κ3) is 3.61. The minimum absolute atomic E-state index is 0.105. The van der Waals surface area contributed by atoms with Crippen LogP contribution in [-0.2, 0) is 15.1 Å². The van der Waals surface area contributed by atoms with Crippen molar-refractivity contribution in [2.24, 2.45) is 0 Å². The highest BCUT2D eigenvalue weighted by molar-refractivity contribution is 6.35. The van der Waals surface area contributed by atoms with E-state index in [0.29, 0.717) is 12.2 Å². The first kappa shape index (κ1) is 22.1. The number of benzene rings is 2. The van der Waals surface area contributed by atoms with Gasteiger partial charge in [-0.2, -0.15) is 0 Å². The average molecular weight is 463 g/mol. The summed E-state index contributed by atoms with van der Waals surface area (Å²) >= 11 is 13.0. The summed E-state index contributed by atoms with van der Waals surface area (Å²) < 4.78 is 4.84. The van der Waals surface area contributed by atoms with Crippen LogP contribution in [0.2, 0.25) is 10.0 Å². The van der Waals surface area contributed by atoms with Gasteiger partial charge in [-0.1, -0.05) is 47.8 Å². The highest BCUT2D eigenvalue weighted by atomic mass is 35.5. The van der Waals surface area contributed by atoms with Crippen molar-refractivity contribution in [3.63, 3.8) is 0 Å². The number of fused-ring (bicyclic) bond motifs is 1. The number of amides is 1. The van der Waals surface area contributed by atoms with Crippen LogP contribution in [0.4, 0.5) is 5.69 Å². The number of hydrogen-bond acceptors (Lipinski definition) is 5. The Balaban J connectivity index is 1.89. The number of likely N-dealkylation sites (tertiary alicyclic amines) is 1. The Labute approximate surface area is 191 Å². The second-order valence-corrected chi connectivity index (χ2v) is 8.89. The van der Waals surface area contributed by atoms with E-state index in [4.69, 9.17) is 27.9 Å². The number of halogens is 2. The van der Waals surface area contributed by atoms with Gasteiger partial charge in [0.2, 0.25) is 0 Å². The predicted molar refractivity (Wildman–Crippen MR) is 120 cm³/mol. The monoisotopic (exact) mass is 462 g/mol. The molecule has 2 aromatic rings. The van der Waals surface area contributed by atoms with Gasteiger partial charge in [-0.15, -0.1) is 0 Å².